The van der Waals surface area contributed by atoms with Gasteiger partial charge in [-0.2, -0.15) is 0 Å². The van der Waals surface area contributed by atoms with Crippen molar-refractivity contribution < 1.29 is 28.5 Å². The third-order valence-corrected chi connectivity index (χ3v) is 8.78. The molecule has 4 rings (SSSR count). The zero-order valence-electron chi connectivity index (χ0n) is 24.4. The molecule has 5 atom stereocenters. The van der Waals surface area contributed by atoms with Crippen LogP contribution in [0.15, 0.2) is 48.5 Å². The zero-order chi connectivity index (χ0) is 28.3. The van der Waals surface area contributed by atoms with Crippen molar-refractivity contribution in [2.45, 2.75) is 91.3 Å². The van der Waals surface area contributed by atoms with Crippen molar-refractivity contribution in [1.82, 2.24) is 0 Å². The van der Waals surface area contributed by atoms with Gasteiger partial charge < -0.3 is 18.9 Å². The predicted molar refractivity (Wildman–Crippen MR) is 155 cm³/mol. The molecule has 0 unspecified atom stereocenters. The zero-order valence-corrected chi connectivity index (χ0v) is 24.4. The first-order valence-electron chi connectivity index (χ1n) is 15.2. The summed E-state index contributed by atoms with van der Waals surface area (Å²) in [6.45, 7) is 6.88. The number of hydrogen-bond donors (Lipinski definition) is 0. The van der Waals surface area contributed by atoms with Crippen LogP contribution in [0.4, 0.5) is 4.79 Å². The van der Waals surface area contributed by atoms with Gasteiger partial charge in [-0.25, -0.2) is 9.59 Å². The van der Waals surface area contributed by atoms with E-state index in [4.69, 9.17) is 18.9 Å². The minimum Gasteiger partial charge on any atom is -0.482 e. The summed E-state index contributed by atoms with van der Waals surface area (Å²) < 4.78 is 22.2. The number of rotatable bonds is 14. The maximum atomic E-state index is 12.4. The van der Waals surface area contributed by atoms with Crippen LogP contribution in [-0.2, 0) is 38.5 Å². The number of carbonyl (C=O) groups is 2. The molecule has 0 radical (unpaired) electrons. The second-order valence-corrected chi connectivity index (χ2v) is 11.5. The number of ether oxygens (including phenoxy) is 4. The number of unbranched alkanes of at least 4 members (excludes halogenated alkanes) is 2. The van der Waals surface area contributed by atoms with E-state index in [0.717, 1.165) is 62.7 Å². The van der Waals surface area contributed by atoms with Crippen LogP contribution in [0.1, 0.15) is 82.4 Å². The first-order valence-corrected chi connectivity index (χ1v) is 15.2. The van der Waals surface area contributed by atoms with Gasteiger partial charge in [0.15, 0.2) is 6.61 Å². The SMILES string of the molecule is CCCCC[C@@H](CC[C@@H]1[C@H]2Cc3cccc(OCC(=O)OCc4ccccc4)c3C[C@H]2C[C@H]1C)OC(=O)OCC. The molecule has 2 aliphatic rings. The third kappa shape index (κ3) is 8.25. The van der Waals surface area contributed by atoms with Crippen LogP contribution in [0, 0.1) is 23.7 Å². The molecule has 0 saturated heterocycles. The van der Waals surface area contributed by atoms with Crippen LogP contribution >= 0.6 is 0 Å². The van der Waals surface area contributed by atoms with E-state index in [-0.39, 0.29) is 25.3 Å². The highest BCUT2D eigenvalue weighted by Gasteiger charge is 2.43. The van der Waals surface area contributed by atoms with Crippen molar-refractivity contribution in [3.8, 4) is 5.75 Å². The van der Waals surface area contributed by atoms with Crippen molar-refractivity contribution in [2.75, 3.05) is 13.2 Å². The van der Waals surface area contributed by atoms with Crippen LogP contribution in [0.3, 0.4) is 0 Å². The lowest BCUT2D eigenvalue weighted by molar-refractivity contribution is -0.147. The Morgan fingerprint density at radius 3 is 2.55 bits per heavy atom. The molecule has 0 bridgehead atoms. The Bertz CT molecular complexity index is 1080. The Balaban J connectivity index is 1.33. The molecule has 40 heavy (non-hydrogen) atoms. The smallest absolute Gasteiger partial charge is 0.482 e. The molecule has 2 aromatic carbocycles. The lowest BCUT2D eigenvalue weighted by atomic mass is 9.73. The Morgan fingerprint density at radius 2 is 1.77 bits per heavy atom. The molecule has 0 aliphatic heterocycles. The molecule has 0 aromatic heterocycles. The average Bonchev–Trinajstić information content (AvgIpc) is 3.26. The predicted octanol–water partition coefficient (Wildman–Crippen LogP) is 7.70. The maximum Gasteiger partial charge on any atom is 0.508 e. The van der Waals surface area contributed by atoms with E-state index >= 15 is 0 Å². The summed E-state index contributed by atoms with van der Waals surface area (Å²) in [6, 6.07) is 15.9. The number of benzene rings is 2. The quantitative estimate of drug-likeness (QED) is 0.177. The largest absolute Gasteiger partial charge is 0.508 e. The summed E-state index contributed by atoms with van der Waals surface area (Å²) in [5.74, 6) is 2.90. The molecule has 218 valence electrons. The van der Waals surface area contributed by atoms with Crippen LogP contribution in [-0.4, -0.2) is 31.4 Å². The van der Waals surface area contributed by atoms with Crippen molar-refractivity contribution >= 4 is 12.1 Å². The monoisotopic (exact) mass is 550 g/mol. The molecule has 0 spiro atoms. The maximum absolute atomic E-state index is 12.4. The van der Waals surface area contributed by atoms with Gasteiger partial charge in [-0.05, 0) is 98.3 Å². The van der Waals surface area contributed by atoms with Crippen LogP contribution in [0.5, 0.6) is 5.75 Å². The summed E-state index contributed by atoms with van der Waals surface area (Å²) in [4.78, 5) is 24.4. The van der Waals surface area contributed by atoms with Gasteiger partial charge in [-0.1, -0.05) is 69.2 Å². The van der Waals surface area contributed by atoms with Crippen LogP contribution < -0.4 is 4.74 Å². The van der Waals surface area contributed by atoms with Crippen LogP contribution in [0.25, 0.3) is 0 Å². The minimum atomic E-state index is -0.538. The topological polar surface area (TPSA) is 71.1 Å². The standard InChI is InChI=1S/C34H46O6/c1-4-6-8-15-28(40-34(36)37-5-2)17-18-29-24(3)19-27-21-31-26(20-30(27)29)14-11-16-32(31)38-23-33(35)39-22-25-12-9-7-10-13-25/h7,9-14,16,24,27-30H,4-6,8,15,17-23H2,1-3H3/t24-,27-,28+,29+,30+/m1/s1. The second-order valence-electron chi connectivity index (χ2n) is 11.5. The van der Waals surface area contributed by atoms with Crippen molar-refractivity contribution in [2.24, 2.45) is 23.7 Å². The van der Waals surface area contributed by atoms with Gasteiger partial charge in [0.1, 0.15) is 18.5 Å². The van der Waals surface area contributed by atoms with Crippen molar-refractivity contribution in [3.05, 3.63) is 65.2 Å². The van der Waals surface area contributed by atoms with E-state index in [1.54, 1.807) is 0 Å². The number of fused-ring (bicyclic) bond motifs is 2. The van der Waals surface area contributed by atoms with Gasteiger partial charge in [0, 0.05) is 0 Å². The molecule has 6 nitrogen and oxygen atoms in total. The minimum absolute atomic E-state index is 0.0747. The van der Waals surface area contributed by atoms with Gasteiger partial charge in [-0.15, -0.1) is 0 Å². The van der Waals surface area contributed by atoms with Gasteiger partial charge in [0.05, 0.1) is 6.61 Å². The van der Waals surface area contributed by atoms with Crippen molar-refractivity contribution in [1.29, 1.82) is 0 Å². The Kier molecular flexibility index (Phi) is 11.3. The number of carbonyl (C=O) groups excluding carboxylic acids is 2. The van der Waals surface area contributed by atoms with E-state index in [1.807, 2.05) is 49.4 Å². The van der Waals surface area contributed by atoms with E-state index in [9.17, 15) is 9.59 Å². The van der Waals surface area contributed by atoms with Gasteiger partial charge in [0.2, 0.25) is 0 Å². The van der Waals surface area contributed by atoms with Gasteiger partial charge in [-0.3, -0.25) is 0 Å². The fourth-order valence-corrected chi connectivity index (χ4v) is 6.80. The summed E-state index contributed by atoms with van der Waals surface area (Å²) >= 11 is 0. The molecule has 1 saturated carbocycles. The second kappa shape index (κ2) is 15.1. The third-order valence-electron chi connectivity index (χ3n) is 8.78. The lowest BCUT2D eigenvalue weighted by Crippen LogP contribution is -2.28. The molecule has 2 aliphatic carbocycles. The normalized spacial score (nSPS) is 22.1. The Morgan fingerprint density at radius 1 is 0.950 bits per heavy atom. The van der Waals surface area contributed by atoms with E-state index in [1.165, 1.54) is 17.5 Å². The number of esters is 1. The number of hydrogen-bond acceptors (Lipinski definition) is 6. The average molecular weight is 551 g/mol. The summed E-state index contributed by atoms with van der Waals surface area (Å²) in [7, 11) is 0. The molecule has 0 amide bonds. The summed E-state index contributed by atoms with van der Waals surface area (Å²) in [5, 5.41) is 0. The molecule has 6 heteroatoms. The highest BCUT2D eigenvalue weighted by Crippen LogP contribution is 2.51. The van der Waals surface area contributed by atoms with E-state index in [2.05, 4.69) is 19.9 Å². The first kappa shape index (κ1) is 30.0. The Hall–Kier alpha value is -3.02. The fraction of sp³-hybridized carbons (Fsp3) is 0.588. The highest BCUT2D eigenvalue weighted by molar-refractivity contribution is 5.71. The Labute approximate surface area is 239 Å². The van der Waals surface area contributed by atoms with Crippen molar-refractivity contribution in [3.63, 3.8) is 0 Å². The fourth-order valence-electron chi connectivity index (χ4n) is 6.80. The first-order chi connectivity index (χ1) is 19.5. The van der Waals surface area contributed by atoms with Gasteiger partial charge in [0.25, 0.3) is 0 Å². The van der Waals surface area contributed by atoms with Crippen LogP contribution in [0.2, 0.25) is 0 Å². The molecular formula is C34H46O6. The van der Waals surface area contributed by atoms with E-state index < -0.39 is 6.16 Å². The summed E-state index contributed by atoms with van der Waals surface area (Å²) in [6.07, 6.45) is 8.83. The van der Waals surface area contributed by atoms with E-state index in [0.29, 0.717) is 30.3 Å². The molecule has 2 aromatic rings. The molecular weight excluding hydrogens is 504 g/mol. The molecule has 0 N–H and O–H groups in total. The highest BCUT2D eigenvalue weighted by atomic mass is 16.7. The summed E-state index contributed by atoms with van der Waals surface area (Å²) in [5.41, 5.74) is 3.54. The molecule has 0 heterocycles. The lowest BCUT2D eigenvalue weighted by Gasteiger charge is -2.33. The van der Waals surface area contributed by atoms with Gasteiger partial charge >= 0.3 is 12.1 Å². The molecule has 1 fully saturated rings.